The van der Waals surface area contributed by atoms with Crippen molar-refractivity contribution in [2.24, 2.45) is 0 Å². The lowest BCUT2D eigenvalue weighted by molar-refractivity contribution is 0.438. The van der Waals surface area contributed by atoms with Gasteiger partial charge in [-0.2, -0.15) is 9.40 Å². The lowest BCUT2D eigenvalue weighted by Crippen LogP contribution is -2.33. The van der Waals surface area contributed by atoms with Crippen molar-refractivity contribution in [3.8, 4) is 0 Å². The predicted molar refractivity (Wildman–Crippen MR) is 55.5 cm³/mol. The third kappa shape index (κ3) is 1.75. The van der Waals surface area contributed by atoms with Gasteiger partial charge in [-0.3, -0.25) is 5.10 Å². The summed E-state index contributed by atoms with van der Waals surface area (Å²) in [5, 5.41) is 6.03. The molecular weight excluding hydrogens is 216 g/mol. The zero-order valence-corrected chi connectivity index (χ0v) is 8.87. The maximum absolute atomic E-state index is 12.0. The normalized spacial score (nSPS) is 18.1. The largest absolute Gasteiger partial charge is 0.383 e. The molecule has 0 saturated heterocycles. The Kier molecular flexibility index (Phi) is 2.49. The monoisotopic (exact) mass is 228 g/mol. The number of aromatic nitrogens is 2. The first-order valence-electron chi connectivity index (χ1n) is 4.56. The van der Waals surface area contributed by atoms with Gasteiger partial charge in [0.25, 0.3) is 0 Å². The number of hydrogen-bond donors (Lipinski definition) is 2. The second-order valence-electron chi connectivity index (χ2n) is 3.27. The van der Waals surface area contributed by atoms with Gasteiger partial charge in [0, 0.05) is 13.1 Å². The van der Waals surface area contributed by atoms with Gasteiger partial charge in [0.2, 0.25) is 10.0 Å². The average Bonchev–Trinajstić information content (AvgIpc) is 2.66. The lowest BCUT2D eigenvalue weighted by Gasteiger charge is -2.21. The fraction of sp³-hybridized carbons (Fsp3) is 0.375. The first kappa shape index (κ1) is 10.2. The van der Waals surface area contributed by atoms with Gasteiger partial charge < -0.3 is 5.73 Å². The Morgan fingerprint density at radius 2 is 2.27 bits per heavy atom. The quantitative estimate of drug-likeness (QED) is 0.694. The highest BCUT2D eigenvalue weighted by molar-refractivity contribution is 7.89. The fourth-order valence-electron chi connectivity index (χ4n) is 1.47. The summed E-state index contributed by atoms with van der Waals surface area (Å²) < 4.78 is 25.4. The number of rotatable bonds is 2. The summed E-state index contributed by atoms with van der Waals surface area (Å²) in [6, 6.07) is 0. The van der Waals surface area contributed by atoms with Crippen LogP contribution in [0.5, 0.6) is 0 Å². The number of nitrogen functional groups attached to an aromatic ring is 1. The Bertz CT molecular complexity index is 477. The molecule has 0 amide bonds. The van der Waals surface area contributed by atoms with E-state index >= 15 is 0 Å². The zero-order chi connectivity index (χ0) is 10.9. The van der Waals surface area contributed by atoms with Crippen LogP contribution >= 0.6 is 0 Å². The molecule has 2 rings (SSSR count). The Hall–Kier alpha value is -1.34. The molecule has 2 heterocycles. The number of nitrogens with one attached hydrogen (secondary N) is 1. The van der Waals surface area contributed by atoms with Gasteiger partial charge >= 0.3 is 0 Å². The van der Waals surface area contributed by atoms with Crippen LogP contribution in [0.1, 0.15) is 6.42 Å². The molecule has 0 spiro atoms. The van der Waals surface area contributed by atoms with Gasteiger partial charge in [-0.05, 0) is 6.42 Å². The molecule has 0 fully saturated rings. The molecule has 1 aromatic rings. The number of aromatic amines is 1. The summed E-state index contributed by atoms with van der Waals surface area (Å²) in [5.41, 5.74) is 5.49. The van der Waals surface area contributed by atoms with E-state index in [0.29, 0.717) is 13.1 Å². The predicted octanol–water partition coefficient (Wildman–Crippen LogP) is -0.0575. The van der Waals surface area contributed by atoms with Crippen LogP contribution < -0.4 is 5.73 Å². The van der Waals surface area contributed by atoms with Crippen LogP contribution in [0.4, 0.5) is 5.82 Å². The molecule has 1 aliphatic heterocycles. The first-order chi connectivity index (χ1) is 7.12. The van der Waals surface area contributed by atoms with E-state index < -0.39 is 10.0 Å². The Labute approximate surface area is 87.8 Å². The maximum Gasteiger partial charge on any atom is 0.248 e. The second-order valence-corrected chi connectivity index (χ2v) is 5.18. The Balaban J connectivity index is 2.35. The molecule has 7 heteroatoms. The summed E-state index contributed by atoms with van der Waals surface area (Å²) in [5.74, 6) is 0.0875. The standard InChI is InChI=1S/C8H12N4O2S/c9-8-7(6-10-11-8)15(13,14)12-4-2-1-3-5-12/h1-2,6H,3-5H2,(H3,9,10,11). The lowest BCUT2D eigenvalue weighted by atomic mass is 10.3. The second kappa shape index (κ2) is 3.67. The van der Waals surface area contributed by atoms with Gasteiger partial charge in [0.1, 0.15) is 10.7 Å². The highest BCUT2D eigenvalue weighted by Gasteiger charge is 2.27. The van der Waals surface area contributed by atoms with E-state index in [1.807, 2.05) is 12.2 Å². The van der Waals surface area contributed by atoms with Crippen molar-refractivity contribution in [1.82, 2.24) is 14.5 Å². The summed E-state index contributed by atoms with van der Waals surface area (Å²) in [7, 11) is -3.49. The van der Waals surface area contributed by atoms with E-state index in [9.17, 15) is 8.42 Å². The van der Waals surface area contributed by atoms with Crippen LogP contribution in [0.3, 0.4) is 0 Å². The van der Waals surface area contributed by atoms with Crippen molar-refractivity contribution in [1.29, 1.82) is 0 Å². The molecule has 0 bridgehead atoms. The van der Waals surface area contributed by atoms with Crippen LogP contribution in [0.25, 0.3) is 0 Å². The average molecular weight is 228 g/mol. The van der Waals surface area contributed by atoms with Gasteiger partial charge in [0.15, 0.2) is 0 Å². The molecule has 6 nitrogen and oxygen atoms in total. The summed E-state index contributed by atoms with van der Waals surface area (Å²) in [4.78, 5) is 0.0535. The fourth-order valence-corrected chi connectivity index (χ4v) is 2.88. The van der Waals surface area contributed by atoms with E-state index in [-0.39, 0.29) is 10.7 Å². The molecule has 0 aliphatic carbocycles. The van der Waals surface area contributed by atoms with Crippen LogP contribution in [0.2, 0.25) is 0 Å². The van der Waals surface area contributed by atoms with Crippen molar-refractivity contribution >= 4 is 15.8 Å². The molecule has 15 heavy (non-hydrogen) atoms. The maximum atomic E-state index is 12.0. The van der Waals surface area contributed by atoms with Crippen molar-refractivity contribution in [2.75, 3.05) is 18.8 Å². The number of sulfonamides is 1. The molecule has 0 aromatic carbocycles. The van der Waals surface area contributed by atoms with E-state index in [2.05, 4.69) is 10.2 Å². The third-order valence-corrected chi connectivity index (χ3v) is 4.16. The molecule has 3 N–H and O–H groups in total. The highest BCUT2D eigenvalue weighted by atomic mass is 32.2. The Morgan fingerprint density at radius 1 is 1.47 bits per heavy atom. The summed E-state index contributed by atoms with van der Waals surface area (Å²) >= 11 is 0. The minimum Gasteiger partial charge on any atom is -0.383 e. The molecular formula is C8H12N4O2S. The van der Waals surface area contributed by atoms with Crippen LogP contribution in [0, 0.1) is 0 Å². The molecule has 0 unspecified atom stereocenters. The SMILES string of the molecule is Nc1[nH]ncc1S(=O)(=O)N1CC=CCC1. The third-order valence-electron chi connectivity index (χ3n) is 2.27. The molecule has 1 aromatic heterocycles. The first-order valence-corrected chi connectivity index (χ1v) is 6.00. The van der Waals surface area contributed by atoms with Gasteiger partial charge in [-0.15, -0.1) is 0 Å². The number of hydrogen-bond acceptors (Lipinski definition) is 4. The minimum absolute atomic E-state index is 0.0535. The van der Waals surface area contributed by atoms with E-state index in [1.165, 1.54) is 10.5 Å². The van der Waals surface area contributed by atoms with Gasteiger partial charge in [-0.1, -0.05) is 12.2 Å². The van der Waals surface area contributed by atoms with Crippen molar-refractivity contribution < 1.29 is 8.42 Å². The van der Waals surface area contributed by atoms with E-state index in [0.717, 1.165) is 6.42 Å². The number of H-pyrrole nitrogens is 1. The minimum atomic E-state index is -3.49. The smallest absolute Gasteiger partial charge is 0.248 e. The van der Waals surface area contributed by atoms with Crippen molar-refractivity contribution in [3.05, 3.63) is 18.3 Å². The number of anilines is 1. The summed E-state index contributed by atoms with van der Waals surface area (Å²) in [6.45, 7) is 0.885. The van der Waals surface area contributed by atoms with E-state index in [4.69, 9.17) is 5.73 Å². The number of nitrogens with zero attached hydrogens (tertiary/aromatic N) is 2. The summed E-state index contributed by atoms with van der Waals surface area (Å²) in [6.07, 6.45) is 5.77. The highest BCUT2D eigenvalue weighted by Crippen LogP contribution is 2.21. The van der Waals surface area contributed by atoms with E-state index in [1.54, 1.807) is 0 Å². The molecule has 0 radical (unpaired) electrons. The van der Waals surface area contributed by atoms with Crippen molar-refractivity contribution in [3.63, 3.8) is 0 Å². The molecule has 82 valence electrons. The topological polar surface area (TPSA) is 92.1 Å². The van der Waals surface area contributed by atoms with Gasteiger partial charge in [-0.25, -0.2) is 8.42 Å². The molecule has 0 atom stereocenters. The van der Waals surface area contributed by atoms with Crippen LogP contribution in [-0.4, -0.2) is 36.0 Å². The zero-order valence-electron chi connectivity index (χ0n) is 8.05. The molecule has 0 saturated carbocycles. The van der Waals surface area contributed by atoms with Gasteiger partial charge in [0.05, 0.1) is 6.20 Å². The molecule has 1 aliphatic rings. The Morgan fingerprint density at radius 3 is 2.80 bits per heavy atom. The van der Waals surface area contributed by atoms with Crippen LogP contribution in [-0.2, 0) is 10.0 Å². The van der Waals surface area contributed by atoms with Crippen molar-refractivity contribution in [2.45, 2.75) is 11.3 Å². The number of nitrogens with two attached hydrogens (primary N) is 1. The van der Waals surface area contributed by atoms with Crippen LogP contribution in [0.15, 0.2) is 23.2 Å².